The third-order valence-corrected chi connectivity index (χ3v) is 11.7. The number of esters is 2. The van der Waals surface area contributed by atoms with E-state index < -0.39 is 5.97 Å². The lowest BCUT2D eigenvalue weighted by molar-refractivity contribution is -0.139. The Morgan fingerprint density at radius 3 is 1.69 bits per heavy atom. The fraction of sp³-hybridized carbons (Fsp3) is 0.241. The van der Waals surface area contributed by atoms with Gasteiger partial charge in [-0.1, -0.05) is 61.6 Å². The van der Waals surface area contributed by atoms with Crippen LogP contribution in [0.25, 0.3) is 10.8 Å². The lowest BCUT2D eigenvalue weighted by atomic mass is 10.0. The fourth-order valence-corrected chi connectivity index (χ4v) is 7.70. The molecule has 0 spiro atoms. The van der Waals surface area contributed by atoms with Crippen LogP contribution < -0.4 is 0 Å². The molecule has 316 valence electrons. The van der Waals surface area contributed by atoms with Crippen molar-refractivity contribution in [2.75, 3.05) is 31.8 Å². The number of hydrogen-bond acceptors (Lipinski definition) is 8. The minimum Gasteiger partial charge on any atom is -0.494 e. The monoisotopic (exact) mass is 859 g/mol. The third-order valence-electron chi connectivity index (χ3n) is 9.48. The lowest BCUT2D eigenvalue weighted by Crippen LogP contribution is -2.06. The van der Waals surface area contributed by atoms with Crippen LogP contribution in [-0.2, 0) is 19.0 Å². The van der Waals surface area contributed by atoms with Crippen molar-refractivity contribution in [3.05, 3.63) is 173 Å². The zero-order valence-corrected chi connectivity index (χ0v) is 37.5. The van der Waals surface area contributed by atoms with Crippen LogP contribution in [0.4, 0.5) is 5.69 Å². The molecule has 0 atom stereocenters. The molecule has 0 bridgehead atoms. The zero-order chi connectivity index (χ0) is 44.1. The summed E-state index contributed by atoms with van der Waals surface area (Å²) in [6, 6.07) is 34.2. The second kappa shape index (κ2) is 24.9. The van der Waals surface area contributed by atoms with Crippen LogP contribution in [0.1, 0.15) is 90.5 Å². The number of fused-ring (bicyclic) bond motifs is 1. The zero-order valence-electron chi connectivity index (χ0n) is 35.9. The number of unbranched alkanes of at least 4 members (excludes halogenated alkanes) is 4. The third kappa shape index (κ3) is 15.7. The van der Waals surface area contributed by atoms with E-state index in [0.29, 0.717) is 41.4 Å². The van der Waals surface area contributed by atoms with Crippen molar-refractivity contribution in [2.45, 2.75) is 62.2 Å². The van der Waals surface area contributed by atoms with Gasteiger partial charge in [0.25, 0.3) is 0 Å². The molecular formula is C54H53NO5S2. The van der Waals surface area contributed by atoms with Crippen LogP contribution in [-0.4, -0.2) is 50.0 Å². The summed E-state index contributed by atoms with van der Waals surface area (Å²) in [7, 11) is 1.36. The number of carbonyl (C=O) groups excluding carboxylic acids is 2. The molecule has 5 aromatic carbocycles. The predicted octanol–water partition coefficient (Wildman–Crippen LogP) is 12.9. The van der Waals surface area contributed by atoms with E-state index in [1.165, 1.54) is 16.9 Å². The number of hydrogen-bond donors (Lipinski definition) is 0. The van der Waals surface area contributed by atoms with Gasteiger partial charge in [0.05, 0.1) is 31.6 Å². The van der Waals surface area contributed by atoms with Gasteiger partial charge >= 0.3 is 11.9 Å². The highest BCUT2D eigenvalue weighted by molar-refractivity contribution is 7.99. The van der Waals surface area contributed by atoms with Crippen LogP contribution >= 0.6 is 23.5 Å². The van der Waals surface area contributed by atoms with Crippen LogP contribution in [0.15, 0.2) is 155 Å². The van der Waals surface area contributed by atoms with Crippen molar-refractivity contribution in [2.24, 2.45) is 4.99 Å². The smallest absolute Gasteiger partial charge is 0.340 e. The van der Waals surface area contributed by atoms with Crippen LogP contribution in [0, 0.1) is 23.7 Å². The van der Waals surface area contributed by atoms with Crippen LogP contribution in [0.5, 0.6) is 0 Å². The number of allylic oxidation sites excluding steroid dienone is 1. The molecule has 5 rings (SSSR count). The Morgan fingerprint density at radius 2 is 1.11 bits per heavy atom. The standard InChI is InChI=1S/C54H53NO5S2/c1-39(2)41(5)59-31-9-7-11-33-61-49-26-19-42(20-27-49)13-15-44-17-24-48-36-46(18-25-47(48)35-44)38-55-52-30-23-45(37-51(52)54(57)58-6)16-14-43-21-28-50(29-22-43)62-34-12-8-10-32-60-53(56)40(3)4/h17-30,35-38H,1,3,5,7-12,31-34H2,2,4,6H3. The van der Waals surface area contributed by atoms with Gasteiger partial charge in [0.1, 0.15) is 5.76 Å². The van der Waals surface area contributed by atoms with Crippen LogP contribution in [0.2, 0.25) is 0 Å². The number of carbonyl (C=O) groups is 2. The summed E-state index contributed by atoms with van der Waals surface area (Å²) in [4.78, 5) is 31.3. The van der Waals surface area contributed by atoms with Crippen LogP contribution in [0.3, 0.4) is 0 Å². The fourth-order valence-electron chi connectivity index (χ4n) is 5.87. The van der Waals surface area contributed by atoms with Crippen molar-refractivity contribution in [1.29, 1.82) is 0 Å². The van der Waals surface area contributed by atoms with E-state index >= 15 is 0 Å². The first-order valence-electron chi connectivity index (χ1n) is 20.7. The molecule has 0 aromatic heterocycles. The molecule has 0 amide bonds. The van der Waals surface area contributed by atoms with Gasteiger partial charge < -0.3 is 14.2 Å². The average molecular weight is 860 g/mol. The van der Waals surface area contributed by atoms with Gasteiger partial charge in [-0.15, -0.1) is 23.5 Å². The van der Waals surface area contributed by atoms with E-state index in [9.17, 15) is 9.59 Å². The highest BCUT2D eigenvalue weighted by Gasteiger charge is 2.12. The normalized spacial score (nSPS) is 10.6. The number of rotatable bonds is 20. The summed E-state index contributed by atoms with van der Waals surface area (Å²) in [6.45, 7) is 16.0. The van der Waals surface area contributed by atoms with E-state index in [-0.39, 0.29) is 5.97 Å². The molecule has 0 fully saturated rings. The minimum atomic E-state index is -0.479. The molecule has 0 unspecified atom stereocenters. The molecule has 62 heavy (non-hydrogen) atoms. The molecule has 0 aliphatic carbocycles. The maximum atomic E-state index is 12.8. The van der Waals surface area contributed by atoms with Gasteiger partial charge in [-0.05, 0) is 171 Å². The van der Waals surface area contributed by atoms with Gasteiger partial charge in [0.15, 0.2) is 0 Å². The summed E-state index contributed by atoms with van der Waals surface area (Å²) in [5.74, 6) is 14.9. The summed E-state index contributed by atoms with van der Waals surface area (Å²) >= 11 is 3.65. The molecule has 0 aliphatic heterocycles. The lowest BCUT2D eigenvalue weighted by Gasteiger charge is -2.08. The molecule has 0 aliphatic rings. The molecule has 0 saturated carbocycles. The number of benzene rings is 5. The molecule has 0 radical (unpaired) electrons. The maximum Gasteiger partial charge on any atom is 0.340 e. The molecule has 6 nitrogen and oxygen atoms in total. The molecule has 0 saturated heterocycles. The Morgan fingerprint density at radius 1 is 0.597 bits per heavy atom. The molecule has 0 N–H and O–H groups in total. The maximum absolute atomic E-state index is 12.8. The largest absolute Gasteiger partial charge is 0.494 e. The quantitative estimate of drug-likeness (QED) is 0.0113. The number of methoxy groups -OCH3 is 1. The van der Waals surface area contributed by atoms with Gasteiger partial charge in [-0.2, -0.15) is 0 Å². The highest BCUT2D eigenvalue weighted by Crippen LogP contribution is 2.25. The van der Waals surface area contributed by atoms with Crippen molar-refractivity contribution in [3.63, 3.8) is 0 Å². The summed E-state index contributed by atoms with van der Waals surface area (Å²) in [5, 5.41) is 2.14. The average Bonchev–Trinajstić information content (AvgIpc) is 3.29. The Bertz CT molecular complexity index is 2530. The molecule has 5 aromatic rings. The summed E-state index contributed by atoms with van der Waals surface area (Å²) in [6.07, 6.45) is 7.88. The number of thioether (sulfide) groups is 2. The summed E-state index contributed by atoms with van der Waals surface area (Å²) in [5.41, 5.74) is 6.51. The van der Waals surface area contributed by atoms with Gasteiger partial charge in [0, 0.05) is 43.8 Å². The first-order valence-corrected chi connectivity index (χ1v) is 22.7. The van der Waals surface area contributed by atoms with E-state index in [1.807, 2.05) is 49.0 Å². The SMILES string of the molecule is C=C(C)C(=C)OCCCCCSc1ccc(C#Cc2ccc3cc(C=Nc4ccc(C#Cc5ccc(SCCCCCOC(=O)C(=C)C)cc5)cc4C(=O)OC)ccc3c2)cc1. The van der Waals surface area contributed by atoms with Gasteiger partial charge in [-0.3, -0.25) is 4.99 Å². The number of ether oxygens (including phenoxy) is 3. The van der Waals surface area contributed by atoms with Crippen molar-refractivity contribution < 1.29 is 23.8 Å². The highest BCUT2D eigenvalue weighted by atomic mass is 32.2. The number of aliphatic imine (C=N–C) groups is 1. The van der Waals surface area contributed by atoms with Crippen molar-refractivity contribution in [1.82, 2.24) is 0 Å². The second-order valence-corrected chi connectivity index (χ2v) is 17.0. The first-order chi connectivity index (χ1) is 30.1. The summed E-state index contributed by atoms with van der Waals surface area (Å²) < 4.78 is 15.8. The Balaban J connectivity index is 1.11. The predicted molar refractivity (Wildman–Crippen MR) is 259 cm³/mol. The van der Waals surface area contributed by atoms with E-state index in [1.54, 1.807) is 37.0 Å². The Labute approximate surface area is 376 Å². The van der Waals surface area contributed by atoms with E-state index in [0.717, 1.165) is 88.6 Å². The molecule has 0 heterocycles. The van der Waals surface area contributed by atoms with Crippen molar-refractivity contribution in [3.8, 4) is 23.7 Å². The van der Waals surface area contributed by atoms with Gasteiger partial charge in [0.2, 0.25) is 0 Å². The number of nitrogens with zero attached hydrogens (tertiary/aromatic N) is 1. The Kier molecular flexibility index (Phi) is 18.8. The topological polar surface area (TPSA) is 74.2 Å². The first kappa shape index (κ1) is 46.9. The molecule has 8 heteroatoms. The van der Waals surface area contributed by atoms with Gasteiger partial charge in [-0.25, -0.2) is 9.59 Å². The minimum absolute atomic E-state index is 0.329. The second-order valence-electron chi connectivity index (χ2n) is 14.6. The van der Waals surface area contributed by atoms with E-state index in [2.05, 4.69) is 109 Å². The molecular weight excluding hydrogens is 807 g/mol. The Hall–Kier alpha value is -6.19. The van der Waals surface area contributed by atoms with E-state index in [4.69, 9.17) is 14.2 Å². The van der Waals surface area contributed by atoms with Crippen molar-refractivity contribution >= 4 is 58.1 Å².